The second-order valence-electron chi connectivity index (χ2n) is 13.1. The van der Waals surface area contributed by atoms with Gasteiger partial charge in [-0.2, -0.15) is 0 Å². The molecule has 0 rings (SSSR count). The summed E-state index contributed by atoms with van der Waals surface area (Å²) in [5.74, 6) is 0. The predicted molar refractivity (Wildman–Crippen MR) is 177 cm³/mol. The Kier molecular flexibility index (Phi) is 31.1. The Morgan fingerprint density at radius 2 is 0.579 bits per heavy atom. The molecular weight excluding hydrogens is 456 g/mol. The van der Waals surface area contributed by atoms with E-state index >= 15 is 0 Å². The Morgan fingerprint density at radius 3 is 0.816 bits per heavy atom. The predicted octanol–water partition coefficient (Wildman–Crippen LogP) is 14.7. The molecule has 0 aromatic carbocycles. The van der Waals surface area contributed by atoms with E-state index in [0.29, 0.717) is 5.41 Å². The monoisotopic (exact) mass is 533 g/mol. The van der Waals surface area contributed by atoms with Crippen molar-refractivity contribution in [3.8, 4) is 0 Å². The summed E-state index contributed by atoms with van der Waals surface area (Å²) in [6.07, 6.45) is 48.6. The second-order valence-corrected chi connectivity index (χ2v) is 13.1. The molecule has 0 N–H and O–H groups in total. The molecule has 0 bridgehead atoms. The lowest BCUT2D eigenvalue weighted by atomic mass is 9.71. The molecule has 0 aliphatic rings. The van der Waals surface area contributed by atoms with E-state index in [4.69, 9.17) is 0 Å². The molecule has 38 heavy (non-hydrogen) atoms. The minimum Gasteiger partial charge on any atom is -0.103 e. The van der Waals surface area contributed by atoms with Crippen LogP contribution in [-0.4, -0.2) is 0 Å². The largest absolute Gasteiger partial charge is 0.103 e. The van der Waals surface area contributed by atoms with Crippen molar-refractivity contribution in [3.63, 3.8) is 0 Å². The number of unbranched alkanes of at least 4 members (excludes halogenated alkanes) is 24. The summed E-state index contributed by atoms with van der Waals surface area (Å²) >= 11 is 0. The number of allylic oxidation sites excluding steroid dienone is 1. The van der Waals surface area contributed by atoms with Gasteiger partial charge in [0.25, 0.3) is 0 Å². The van der Waals surface area contributed by atoms with E-state index in [2.05, 4.69) is 33.4 Å². The highest BCUT2D eigenvalue weighted by atomic mass is 14.3. The molecule has 0 saturated heterocycles. The first-order valence-corrected chi connectivity index (χ1v) is 18.4. The third kappa shape index (κ3) is 26.0. The van der Waals surface area contributed by atoms with Gasteiger partial charge >= 0.3 is 0 Å². The highest BCUT2D eigenvalue weighted by Gasteiger charge is 2.27. The fraction of sp³-hybridized carbons (Fsp3) is 0.947. The van der Waals surface area contributed by atoms with Crippen LogP contribution in [0.1, 0.15) is 226 Å². The van der Waals surface area contributed by atoms with Gasteiger partial charge in [-0.05, 0) is 37.5 Å². The number of rotatable bonds is 33. The minimum atomic E-state index is 0.609. The van der Waals surface area contributed by atoms with Gasteiger partial charge in [-0.1, -0.05) is 200 Å². The summed E-state index contributed by atoms with van der Waals surface area (Å²) < 4.78 is 0. The molecule has 0 fully saturated rings. The molecule has 0 aromatic rings. The SMILES string of the molecule is C=CCCC(CCCCCCCCCCC)(CCCCCCCCCCC)CCCCCCCCCCC. The van der Waals surface area contributed by atoms with Crippen LogP contribution in [0.25, 0.3) is 0 Å². The lowest BCUT2D eigenvalue weighted by molar-refractivity contribution is 0.179. The van der Waals surface area contributed by atoms with Gasteiger partial charge in [-0.15, -0.1) is 6.58 Å². The van der Waals surface area contributed by atoms with Gasteiger partial charge in [0.1, 0.15) is 0 Å². The first-order valence-electron chi connectivity index (χ1n) is 18.4. The van der Waals surface area contributed by atoms with E-state index < -0.39 is 0 Å². The molecule has 0 amide bonds. The van der Waals surface area contributed by atoms with Crippen molar-refractivity contribution in [1.29, 1.82) is 0 Å². The molecule has 0 unspecified atom stereocenters. The van der Waals surface area contributed by atoms with Crippen LogP contribution in [0, 0.1) is 5.41 Å². The van der Waals surface area contributed by atoms with Crippen molar-refractivity contribution in [3.05, 3.63) is 12.7 Å². The Hall–Kier alpha value is -0.260. The van der Waals surface area contributed by atoms with E-state index in [-0.39, 0.29) is 0 Å². The smallest absolute Gasteiger partial charge is 0.0295 e. The number of hydrogen-bond acceptors (Lipinski definition) is 0. The summed E-state index contributed by atoms with van der Waals surface area (Å²) in [6, 6.07) is 0. The normalized spacial score (nSPS) is 11.9. The fourth-order valence-corrected chi connectivity index (χ4v) is 6.59. The van der Waals surface area contributed by atoms with Gasteiger partial charge in [-0.3, -0.25) is 0 Å². The maximum Gasteiger partial charge on any atom is -0.0295 e. The van der Waals surface area contributed by atoms with E-state index in [0.717, 1.165) is 0 Å². The van der Waals surface area contributed by atoms with E-state index in [1.165, 1.54) is 205 Å². The van der Waals surface area contributed by atoms with E-state index in [9.17, 15) is 0 Å². The minimum absolute atomic E-state index is 0.609. The average molecular weight is 533 g/mol. The summed E-state index contributed by atoms with van der Waals surface area (Å²) in [6.45, 7) is 11.1. The molecule has 0 aromatic heterocycles. The molecule has 0 atom stereocenters. The zero-order valence-corrected chi connectivity index (χ0v) is 27.4. The van der Waals surface area contributed by atoms with Crippen molar-refractivity contribution >= 4 is 0 Å². The van der Waals surface area contributed by atoms with Crippen LogP contribution in [0.5, 0.6) is 0 Å². The highest BCUT2D eigenvalue weighted by Crippen LogP contribution is 2.41. The van der Waals surface area contributed by atoms with Crippen LogP contribution in [0.3, 0.4) is 0 Å². The van der Waals surface area contributed by atoms with E-state index in [1.807, 2.05) is 0 Å². The van der Waals surface area contributed by atoms with Crippen LogP contribution in [0.2, 0.25) is 0 Å². The summed E-state index contributed by atoms with van der Waals surface area (Å²) in [4.78, 5) is 0. The molecule has 0 aliphatic heterocycles. The molecule has 0 radical (unpaired) electrons. The second kappa shape index (κ2) is 31.3. The van der Waals surface area contributed by atoms with Gasteiger partial charge in [0, 0.05) is 0 Å². The summed E-state index contributed by atoms with van der Waals surface area (Å²) in [7, 11) is 0. The summed E-state index contributed by atoms with van der Waals surface area (Å²) in [5, 5.41) is 0. The standard InChI is InChI=1S/C38H76/c1-5-9-13-16-19-22-25-28-31-35-38(34-12-8-4,36-32-29-26-23-20-17-14-10-6-2)37-33-30-27-24-21-18-15-11-7-3/h8H,4-7,9-37H2,1-3H3. The number of hydrogen-bond donors (Lipinski definition) is 0. The first kappa shape index (κ1) is 37.7. The molecule has 228 valence electrons. The van der Waals surface area contributed by atoms with Gasteiger partial charge < -0.3 is 0 Å². The Bertz CT molecular complexity index is 380. The van der Waals surface area contributed by atoms with Crippen molar-refractivity contribution in [2.75, 3.05) is 0 Å². The lowest BCUT2D eigenvalue weighted by Crippen LogP contribution is -2.21. The third-order valence-electron chi connectivity index (χ3n) is 9.31. The van der Waals surface area contributed by atoms with Crippen molar-refractivity contribution in [1.82, 2.24) is 0 Å². The van der Waals surface area contributed by atoms with Gasteiger partial charge in [0.05, 0.1) is 0 Å². The lowest BCUT2D eigenvalue weighted by Gasteiger charge is -2.35. The summed E-state index contributed by atoms with van der Waals surface area (Å²) in [5.41, 5.74) is 0.609. The van der Waals surface area contributed by atoms with Crippen molar-refractivity contribution in [2.24, 2.45) is 5.41 Å². The van der Waals surface area contributed by atoms with Gasteiger partial charge in [-0.25, -0.2) is 0 Å². The van der Waals surface area contributed by atoms with Crippen LogP contribution in [-0.2, 0) is 0 Å². The highest BCUT2D eigenvalue weighted by molar-refractivity contribution is 4.83. The zero-order valence-electron chi connectivity index (χ0n) is 27.4. The Labute approximate surface area is 244 Å². The van der Waals surface area contributed by atoms with Crippen LogP contribution in [0.15, 0.2) is 12.7 Å². The van der Waals surface area contributed by atoms with Gasteiger partial charge in [0.15, 0.2) is 0 Å². The van der Waals surface area contributed by atoms with E-state index in [1.54, 1.807) is 0 Å². The molecule has 0 saturated carbocycles. The third-order valence-corrected chi connectivity index (χ3v) is 9.31. The van der Waals surface area contributed by atoms with Crippen LogP contribution < -0.4 is 0 Å². The quantitative estimate of drug-likeness (QED) is 0.0582. The Morgan fingerprint density at radius 1 is 0.342 bits per heavy atom. The van der Waals surface area contributed by atoms with Crippen LogP contribution in [0.4, 0.5) is 0 Å². The fourth-order valence-electron chi connectivity index (χ4n) is 6.59. The zero-order chi connectivity index (χ0) is 27.8. The molecule has 0 aliphatic carbocycles. The van der Waals surface area contributed by atoms with Crippen LogP contribution >= 0.6 is 0 Å². The maximum absolute atomic E-state index is 4.12. The topological polar surface area (TPSA) is 0 Å². The Balaban J connectivity index is 4.50. The molecule has 0 spiro atoms. The molecule has 0 heteroatoms. The van der Waals surface area contributed by atoms with Gasteiger partial charge in [0.2, 0.25) is 0 Å². The average Bonchev–Trinajstić information content (AvgIpc) is 2.93. The van der Waals surface area contributed by atoms with Crippen molar-refractivity contribution < 1.29 is 0 Å². The maximum atomic E-state index is 4.12. The molecular formula is C38H76. The first-order chi connectivity index (χ1) is 18.7. The molecule has 0 heterocycles. The van der Waals surface area contributed by atoms with Crippen molar-refractivity contribution in [2.45, 2.75) is 226 Å². The molecule has 0 nitrogen and oxygen atoms in total.